The number of ketones is 1. The van der Waals surface area contributed by atoms with Crippen molar-refractivity contribution in [3.8, 4) is 0 Å². The number of hydrogen-bond donors (Lipinski definition) is 1. The van der Waals surface area contributed by atoms with Gasteiger partial charge in [-0.2, -0.15) is 0 Å². The minimum absolute atomic E-state index is 0.0506. The summed E-state index contributed by atoms with van der Waals surface area (Å²) in [5, 5.41) is 10.3. The van der Waals surface area contributed by atoms with Crippen molar-refractivity contribution in [2.75, 3.05) is 5.32 Å². The molecule has 0 fully saturated rings. The third-order valence-electron chi connectivity index (χ3n) is 3.26. The van der Waals surface area contributed by atoms with Crippen LogP contribution in [0.2, 0.25) is 5.15 Å². The van der Waals surface area contributed by atoms with Crippen LogP contribution >= 0.6 is 11.6 Å². The molecule has 118 valence electrons. The second-order valence-electron chi connectivity index (χ2n) is 4.81. The van der Waals surface area contributed by atoms with Crippen LogP contribution in [0.25, 0.3) is 0 Å². The molecule has 0 aliphatic heterocycles. The molecule has 22 heavy (non-hydrogen) atoms. The van der Waals surface area contributed by atoms with Crippen LogP contribution in [0.15, 0.2) is 15.6 Å². The summed E-state index contributed by atoms with van der Waals surface area (Å²) in [5.74, 6) is -0.0658. The molecule has 0 bridgehead atoms. The summed E-state index contributed by atoms with van der Waals surface area (Å²) in [7, 11) is 0. The van der Waals surface area contributed by atoms with Crippen molar-refractivity contribution in [2.45, 2.75) is 39.8 Å². The fourth-order valence-corrected chi connectivity index (χ4v) is 2.27. The van der Waals surface area contributed by atoms with Crippen molar-refractivity contribution >= 4 is 23.2 Å². The van der Waals surface area contributed by atoms with Gasteiger partial charge in [0.15, 0.2) is 11.6 Å². The van der Waals surface area contributed by atoms with Crippen LogP contribution in [-0.4, -0.2) is 25.6 Å². The van der Waals surface area contributed by atoms with E-state index in [0.29, 0.717) is 17.8 Å². The summed E-state index contributed by atoms with van der Waals surface area (Å²) in [6, 6.07) is -0.566. The molecular formula is C13H16ClN5O3. The van der Waals surface area contributed by atoms with Crippen molar-refractivity contribution in [3.05, 3.63) is 33.1 Å². The second kappa shape index (κ2) is 6.69. The zero-order chi connectivity index (χ0) is 16.3. The average Bonchev–Trinajstić information content (AvgIpc) is 2.86. The third-order valence-corrected chi connectivity index (χ3v) is 3.44. The predicted molar refractivity (Wildman–Crippen MR) is 79.9 cm³/mol. The Balaban J connectivity index is 2.32. The number of carbonyl (C=O) groups is 1. The number of rotatable bonds is 6. The van der Waals surface area contributed by atoms with Crippen LogP contribution in [-0.2, 0) is 11.3 Å². The number of anilines is 1. The van der Waals surface area contributed by atoms with Gasteiger partial charge in [0.25, 0.3) is 5.56 Å². The summed E-state index contributed by atoms with van der Waals surface area (Å²) < 4.78 is 5.88. The Labute approximate surface area is 131 Å². The standard InChI is InChI=1S/C13H16ClN5O3/c1-4-10(8(3)20)19-6-11(14)16-12(13(19)21)15-5-9-7(2)17-22-18-9/h6,10H,4-5H2,1-3H3,(H,15,16). The minimum Gasteiger partial charge on any atom is -0.360 e. The lowest BCUT2D eigenvalue weighted by molar-refractivity contribution is -0.120. The lowest BCUT2D eigenvalue weighted by Gasteiger charge is -2.16. The maximum atomic E-state index is 12.4. The molecule has 0 aliphatic carbocycles. The highest BCUT2D eigenvalue weighted by molar-refractivity contribution is 6.29. The van der Waals surface area contributed by atoms with Crippen molar-refractivity contribution < 1.29 is 9.42 Å². The Morgan fingerprint density at radius 3 is 2.77 bits per heavy atom. The highest BCUT2D eigenvalue weighted by Gasteiger charge is 2.19. The molecule has 0 radical (unpaired) electrons. The Bertz CT molecular complexity index is 740. The van der Waals surface area contributed by atoms with Crippen molar-refractivity contribution in [1.29, 1.82) is 0 Å². The van der Waals surface area contributed by atoms with Crippen molar-refractivity contribution in [3.63, 3.8) is 0 Å². The number of nitrogens with zero attached hydrogens (tertiary/aromatic N) is 4. The van der Waals surface area contributed by atoms with Gasteiger partial charge in [-0.05, 0) is 20.3 Å². The zero-order valence-corrected chi connectivity index (χ0v) is 13.2. The topological polar surface area (TPSA) is 103 Å². The van der Waals surface area contributed by atoms with Crippen molar-refractivity contribution in [2.24, 2.45) is 0 Å². The van der Waals surface area contributed by atoms with E-state index in [1.165, 1.54) is 17.7 Å². The molecule has 2 aromatic rings. The van der Waals surface area contributed by atoms with Crippen LogP contribution in [0, 0.1) is 6.92 Å². The van der Waals surface area contributed by atoms with Gasteiger partial charge >= 0.3 is 0 Å². The number of aryl methyl sites for hydroxylation is 1. The SMILES string of the molecule is CCC(C(C)=O)n1cc(Cl)nc(NCc2nonc2C)c1=O. The Hall–Kier alpha value is -2.22. The highest BCUT2D eigenvalue weighted by atomic mass is 35.5. The Morgan fingerprint density at radius 1 is 1.50 bits per heavy atom. The Kier molecular flexibility index (Phi) is 4.92. The molecule has 0 saturated heterocycles. The van der Waals surface area contributed by atoms with E-state index in [2.05, 4.69) is 25.2 Å². The molecule has 2 heterocycles. The molecule has 0 aliphatic rings. The molecule has 2 rings (SSSR count). The van der Waals surface area contributed by atoms with Crippen LogP contribution < -0.4 is 10.9 Å². The van der Waals surface area contributed by atoms with Crippen LogP contribution in [0.4, 0.5) is 5.82 Å². The van der Waals surface area contributed by atoms with Gasteiger partial charge in [-0.3, -0.25) is 14.2 Å². The summed E-state index contributed by atoms with van der Waals surface area (Å²) in [4.78, 5) is 28.1. The van der Waals surface area contributed by atoms with Crippen molar-refractivity contribution in [1.82, 2.24) is 19.9 Å². The second-order valence-corrected chi connectivity index (χ2v) is 5.20. The van der Waals surface area contributed by atoms with E-state index in [4.69, 9.17) is 11.6 Å². The molecule has 0 amide bonds. The first-order valence-electron chi connectivity index (χ1n) is 6.75. The minimum atomic E-state index is -0.566. The summed E-state index contributed by atoms with van der Waals surface area (Å²) in [6.07, 6.45) is 1.86. The van der Waals surface area contributed by atoms with E-state index in [-0.39, 0.29) is 23.3 Å². The van der Waals surface area contributed by atoms with Gasteiger partial charge in [-0.15, -0.1) is 0 Å². The molecule has 2 aromatic heterocycles. The van der Waals surface area contributed by atoms with Gasteiger partial charge in [0, 0.05) is 6.20 Å². The lowest BCUT2D eigenvalue weighted by atomic mass is 10.1. The molecule has 8 nitrogen and oxygen atoms in total. The third kappa shape index (κ3) is 3.33. The normalized spacial score (nSPS) is 12.2. The van der Waals surface area contributed by atoms with E-state index in [0.717, 1.165) is 0 Å². The fraction of sp³-hybridized carbons (Fsp3) is 0.462. The molecule has 0 saturated carbocycles. The summed E-state index contributed by atoms with van der Waals surface area (Å²) in [6.45, 7) is 5.21. The number of nitrogens with one attached hydrogen (secondary N) is 1. The molecule has 9 heteroatoms. The number of hydrogen-bond acceptors (Lipinski definition) is 7. The van der Waals surface area contributed by atoms with Crippen LogP contribution in [0.3, 0.4) is 0 Å². The zero-order valence-electron chi connectivity index (χ0n) is 12.5. The molecule has 0 aromatic carbocycles. The van der Waals surface area contributed by atoms with E-state index < -0.39 is 11.6 Å². The predicted octanol–water partition coefficient (Wildman–Crippen LogP) is 1.74. The quantitative estimate of drug-likeness (QED) is 0.862. The van der Waals surface area contributed by atoms with Gasteiger partial charge in [-0.25, -0.2) is 9.61 Å². The number of Topliss-reactive ketones (excluding diaryl/α,β-unsaturated/α-hetero) is 1. The average molecular weight is 326 g/mol. The number of aromatic nitrogens is 4. The largest absolute Gasteiger partial charge is 0.360 e. The lowest BCUT2D eigenvalue weighted by Crippen LogP contribution is -2.31. The van der Waals surface area contributed by atoms with Gasteiger partial charge in [0.2, 0.25) is 0 Å². The molecule has 1 unspecified atom stereocenters. The fourth-order valence-electron chi connectivity index (χ4n) is 2.08. The van der Waals surface area contributed by atoms with Gasteiger partial charge in [-0.1, -0.05) is 28.8 Å². The van der Waals surface area contributed by atoms with E-state index in [1.807, 2.05) is 6.92 Å². The summed E-state index contributed by atoms with van der Waals surface area (Å²) >= 11 is 5.95. The van der Waals surface area contributed by atoms with Gasteiger partial charge in [0.1, 0.15) is 16.5 Å². The van der Waals surface area contributed by atoms with Crippen LogP contribution in [0.1, 0.15) is 37.7 Å². The first-order chi connectivity index (χ1) is 10.4. The molecule has 1 N–H and O–H groups in total. The maximum absolute atomic E-state index is 12.4. The molecule has 0 spiro atoms. The highest BCUT2D eigenvalue weighted by Crippen LogP contribution is 2.15. The van der Waals surface area contributed by atoms with Gasteiger partial charge in [0.05, 0.1) is 12.6 Å². The van der Waals surface area contributed by atoms with E-state index in [1.54, 1.807) is 6.92 Å². The molecular weight excluding hydrogens is 310 g/mol. The van der Waals surface area contributed by atoms with Gasteiger partial charge < -0.3 is 5.32 Å². The maximum Gasteiger partial charge on any atom is 0.294 e. The smallest absolute Gasteiger partial charge is 0.294 e. The molecule has 1 atom stereocenters. The first kappa shape index (κ1) is 16.2. The van der Waals surface area contributed by atoms with E-state index in [9.17, 15) is 9.59 Å². The number of halogens is 1. The Morgan fingerprint density at radius 2 is 2.23 bits per heavy atom. The number of carbonyl (C=O) groups excluding carboxylic acids is 1. The van der Waals surface area contributed by atoms with E-state index >= 15 is 0 Å². The summed E-state index contributed by atoms with van der Waals surface area (Å²) in [5.41, 5.74) is 0.761. The monoisotopic (exact) mass is 325 g/mol. The first-order valence-corrected chi connectivity index (χ1v) is 7.12. The van der Waals surface area contributed by atoms with Crippen LogP contribution in [0.5, 0.6) is 0 Å².